The number of likely N-dealkylation sites (tertiary alicyclic amines) is 2. The fourth-order valence-electron chi connectivity index (χ4n) is 3.71. The molecule has 2 saturated heterocycles. The first-order valence-corrected chi connectivity index (χ1v) is 8.03. The Hall–Kier alpha value is -1.62. The molecule has 1 amide bonds. The Labute approximate surface area is 130 Å². The van der Waals surface area contributed by atoms with Crippen molar-refractivity contribution in [1.82, 2.24) is 9.80 Å². The lowest BCUT2D eigenvalue weighted by Gasteiger charge is -2.33. The molecule has 0 spiro atoms. The summed E-state index contributed by atoms with van der Waals surface area (Å²) in [6.45, 7) is 1.90. The molecule has 120 valence electrons. The minimum Gasteiger partial charge on any atom is -0.484 e. The third-order valence-electron chi connectivity index (χ3n) is 4.80. The third kappa shape index (κ3) is 3.24. The molecule has 0 N–H and O–H groups in total. The number of rotatable bonds is 4. The van der Waals surface area contributed by atoms with Gasteiger partial charge in [0.25, 0.3) is 5.91 Å². The molecule has 2 aliphatic heterocycles. The predicted molar refractivity (Wildman–Crippen MR) is 82.3 cm³/mol. The van der Waals surface area contributed by atoms with Crippen LogP contribution in [0.2, 0.25) is 0 Å². The number of hydrogen-bond donors (Lipinski definition) is 0. The van der Waals surface area contributed by atoms with Crippen LogP contribution in [0.1, 0.15) is 25.7 Å². The zero-order chi connectivity index (χ0) is 15.5. The standard InChI is InChI=1S/C17H23FN2O2/c1-19-9-3-7-15(19)16-8-4-10-20(16)17(21)12-22-14-6-2-5-13(18)11-14/h2,5-6,11,15-16H,3-4,7-10,12H2,1H3/t15-,16-/m0/s1. The van der Waals surface area contributed by atoms with E-state index in [2.05, 4.69) is 11.9 Å². The molecule has 0 radical (unpaired) electrons. The normalized spacial score (nSPS) is 25.6. The van der Waals surface area contributed by atoms with Crippen molar-refractivity contribution < 1.29 is 13.9 Å². The van der Waals surface area contributed by atoms with Crippen LogP contribution < -0.4 is 4.74 Å². The van der Waals surface area contributed by atoms with E-state index in [4.69, 9.17) is 4.74 Å². The molecule has 3 rings (SSSR count). The molecule has 1 aromatic rings. The van der Waals surface area contributed by atoms with Crippen LogP contribution in [0.15, 0.2) is 24.3 Å². The summed E-state index contributed by atoms with van der Waals surface area (Å²) >= 11 is 0. The Bertz CT molecular complexity index is 537. The van der Waals surface area contributed by atoms with Crippen LogP contribution in [0.5, 0.6) is 5.75 Å². The van der Waals surface area contributed by atoms with Crippen molar-refractivity contribution in [3.05, 3.63) is 30.1 Å². The van der Waals surface area contributed by atoms with Crippen LogP contribution in [0.4, 0.5) is 4.39 Å². The summed E-state index contributed by atoms with van der Waals surface area (Å²) in [6.07, 6.45) is 4.50. The highest BCUT2D eigenvalue weighted by atomic mass is 19.1. The van der Waals surface area contributed by atoms with Crippen molar-refractivity contribution in [3.8, 4) is 5.75 Å². The lowest BCUT2D eigenvalue weighted by atomic mass is 10.0. The van der Waals surface area contributed by atoms with Gasteiger partial charge in [0.1, 0.15) is 11.6 Å². The number of carbonyl (C=O) groups is 1. The van der Waals surface area contributed by atoms with E-state index in [1.165, 1.54) is 18.6 Å². The van der Waals surface area contributed by atoms with Gasteiger partial charge in [0.05, 0.1) is 0 Å². The van der Waals surface area contributed by atoms with Gasteiger partial charge < -0.3 is 14.5 Å². The number of amides is 1. The second-order valence-electron chi connectivity index (χ2n) is 6.23. The van der Waals surface area contributed by atoms with Crippen LogP contribution in [-0.2, 0) is 4.79 Å². The summed E-state index contributed by atoms with van der Waals surface area (Å²) in [6, 6.07) is 6.70. The summed E-state index contributed by atoms with van der Waals surface area (Å²) < 4.78 is 18.6. The van der Waals surface area contributed by atoms with Gasteiger partial charge in [0.2, 0.25) is 0 Å². The topological polar surface area (TPSA) is 32.8 Å². The van der Waals surface area contributed by atoms with Crippen LogP contribution in [0.25, 0.3) is 0 Å². The molecule has 0 unspecified atom stereocenters. The third-order valence-corrected chi connectivity index (χ3v) is 4.80. The molecule has 1 aromatic carbocycles. The quantitative estimate of drug-likeness (QED) is 0.855. The van der Waals surface area contributed by atoms with E-state index in [1.54, 1.807) is 12.1 Å². The Morgan fingerprint density at radius 1 is 1.27 bits per heavy atom. The number of likely N-dealkylation sites (N-methyl/N-ethyl adjacent to an activating group) is 1. The molecule has 22 heavy (non-hydrogen) atoms. The number of ether oxygens (including phenoxy) is 1. The number of hydrogen-bond acceptors (Lipinski definition) is 3. The van der Waals surface area contributed by atoms with E-state index >= 15 is 0 Å². The van der Waals surface area contributed by atoms with E-state index in [9.17, 15) is 9.18 Å². The van der Waals surface area contributed by atoms with E-state index < -0.39 is 0 Å². The van der Waals surface area contributed by atoms with Gasteiger partial charge in [-0.15, -0.1) is 0 Å². The molecule has 4 nitrogen and oxygen atoms in total. The lowest BCUT2D eigenvalue weighted by molar-refractivity contribution is -0.135. The number of benzene rings is 1. The first-order chi connectivity index (χ1) is 10.6. The molecule has 5 heteroatoms. The zero-order valence-corrected chi connectivity index (χ0v) is 13.0. The van der Waals surface area contributed by atoms with E-state index in [0.29, 0.717) is 17.8 Å². The van der Waals surface area contributed by atoms with E-state index in [-0.39, 0.29) is 18.3 Å². The maximum absolute atomic E-state index is 13.1. The zero-order valence-electron chi connectivity index (χ0n) is 13.0. The molecule has 0 saturated carbocycles. The molecule has 0 aromatic heterocycles. The fourth-order valence-corrected chi connectivity index (χ4v) is 3.71. The Balaban J connectivity index is 1.59. The summed E-state index contributed by atoms with van der Waals surface area (Å²) in [5, 5.41) is 0. The summed E-state index contributed by atoms with van der Waals surface area (Å²) in [4.78, 5) is 16.8. The molecule has 0 bridgehead atoms. The van der Waals surface area contributed by atoms with E-state index in [0.717, 1.165) is 32.4 Å². The number of halogens is 1. The molecule has 0 aliphatic carbocycles. The SMILES string of the molecule is CN1CCC[C@H]1[C@@H]1CCCN1C(=O)COc1cccc(F)c1. The first-order valence-electron chi connectivity index (χ1n) is 8.03. The molecular weight excluding hydrogens is 283 g/mol. The van der Waals surface area contributed by atoms with Crippen molar-refractivity contribution in [2.45, 2.75) is 37.8 Å². The number of carbonyl (C=O) groups excluding carboxylic acids is 1. The maximum Gasteiger partial charge on any atom is 0.260 e. The second-order valence-corrected chi connectivity index (χ2v) is 6.23. The summed E-state index contributed by atoms with van der Waals surface area (Å²) in [7, 11) is 2.14. The fraction of sp³-hybridized carbons (Fsp3) is 0.588. The van der Waals surface area contributed by atoms with Gasteiger partial charge >= 0.3 is 0 Å². The van der Waals surface area contributed by atoms with Crippen LogP contribution in [0, 0.1) is 5.82 Å². The summed E-state index contributed by atoms with van der Waals surface area (Å²) in [5.41, 5.74) is 0. The van der Waals surface area contributed by atoms with Crippen molar-refractivity contribution in [2.75, 3.05) is 26.7 Å². The lowest BCUT2D eigenvalue weighted by Crippen LogP contribution is -2.48. The molecule has 2 atom stereocenters. The van der Waals surface area contributed by atoms with Gasteiger partial charge in [-0.05, 0) is 51.4 Å². The smallest absolute Gasteiger partial charge is 0.260 e. The minimum atomic E-state index is -0.350. The van der Waals surface area contributed by atoms with Crippen LogP contribution in [-0.4, -0.2) is 54.5 Å². The monoisotopic (exact) mass is 306 g/mol. The largest absolute Gasteiger partial charge is 0.484 e. The van der Waals surface area contributed by atoms with Gasteiger partial charge in [-0.25, -0.2) is 4.39 Å². The molecular formula is C17H23FN2O2. The van der Waals surface area contributed by atoms with Crippen molar-refractivity contribution >= 4 is 5.91 Å². The average molecular weight is 306 g/mol. The molecule has 2 fully saturated rings. The van der Waals surface area contributed by atoms with Gasteiger partial charge in [0, 0.05) is 24.7 Å². The molecule has 2 aliphatic rings. The first kappa shape index (κ1) is 15.3. The van der Waals surface area contributed by atoms with Crippen molar-refractivity contribution in [2.24, 2.45) is 0 Å². The van der Waals surface area contributed by atoms with Crippen molar-refractivity contribution in [1.29, 1.82) is 0 Å². The Morgan fingerprint density at radius 2 is 2.05 bits per heavy atom. The van der Waals surface area contributed by atoms with Gasteiger partial charge in [-0.3, -0.25) is 4.79 Å². The minimum absolute atomic E-state index is 0.00654. The average Bonchev–Trinajstić information content (AvgIpc) is 3.13. The van der Waals surface area contributed by atoms with E-state index in [1.807, 2.05) is 4.90 Å². The summed E-state index contributed by atoms with van der Waals surface area (Å²) in [5.74, 6) is 0.0609. The molecule has 2 heterocycles. The second kappa shape index (κ2) is 6.65. The Kier molecular flexibility index (Phi) is 4.62. The van der Waals surface area contributed by atoms with Gasteiger partial charge in [-0.1, -0.05) is 6.07 Å². The van der Waals surface area contributed by atoms with Gasteiger partial charge in [0.15, 0.2) is 6.61 Å². The highest BCUT2D eigenvalue weighted by Crippen LogP contribution is 2.29. The van der Waals surface area contributed by atoms with Crippen LogP contribution >= 0.6 is 0 Å². The number of nitrogens with zero attached hydrogens (tertiary/aromatic N) is 2. The van der Waals surface area contributed by atoms with Gasteiger partial charge in [-0.2, -0.15) is 0 Å². The van der Waals surface area contributed by atoms with Crippen LogP contribution in [0.3, 0.4) is 0 Å². The predicted octanol–water partition coefficient (Wildman–Crippen LogP) is 2.29. The Morgan fingerprint density at radius 3 is 2.77 bits per heavy atom. The maximum atomic E-state index is 13.1. The van der Waals surface area contributed by atoms with Crippen molar-refractivity contribution in [3.63, 3.8) is 0 Å². The highest BCUT2D eigenvalue weighted by molar-refractivity contribution is 5.78. The highest BCUT2D eigenvalue weighted by Gasteiger charge is 2.38.